The minimum atomic E-state index is -1.88. The van der Waals surface area contributed by atoms with E-state index in [1.54, 1.807) is 19.0 Å². The van der Waals surface area contributed by atoms with Gasteiger partial charge in [0.15, 0.2) is 23.3 Å². The highest BCUT2D eigenvalue weighted by Crippen LogP contribution is 2.35. The van der Waals surface area contributed by atoms with E-state index in [9.17, 15) is 27.5 Å². The summed E-state index contributed by atoms with van der Waals surface area (Å²) >= 11 is 7.44. The Morgan fingerprint density at radius 1 is 1.20 bits per heavy atom. The van der Waals surface area contributed by atoms with Crippen LogP contribution in [0.1, 0.15) is 15.9 Å². The Kier molecular flexibility index (Phi) is 8.40. The molecule has 3 aromatic rings. The molecule has 2 aromatic carbocycles. The first-order valence-corrected chi connectivity index (χ1v) is 11.3. The van der Waals surface area contributed by atoms with Crippen molar-refractivity contribution in [1.29, 1.82) is 0 Å². The fourth-order valence-corrected chi connectivity index (χ4v) is 4.33. The van der Waals surface area contributed by atoms with Crippen molar-refractivity contribution in [2.75, 3.05) is 25.2 Å². The summed E-state index contributed by atoms with van der Waals surface area (Å²) in [4.78, 5) is 18.5. The molecule has 0 aliphatic heterocycles. The first-order valence-electron chi connectivity index (χ1n) is 9.91. The number of carbonyl (C=O) groups is 1. The number of carbonyl (C=O) groups excluding carboxylic acids is 1. The van der Waals surface area contributed by atoms with Gasteiger partial charge in [0.25, 0.3) is 5.91 Å². The molecule has 0 radical (unpaired) electrons. The molecule has 3 rings (SSSR count). The monoisotopic (exact) mass is 523 g/mol. The molecule has 0 aliphatic rings. The Labute approximate surface area is 208 Å². The van der Waals surface area contributed by atoms with Gasteiger partial charge in [0.2, 0.25) is 0 Å². The van der Waals surface area contributed by atoms with Crippen LogP contribution in [-0.2, 0) is 0 Å². The first-order chi connectivity index (χ1) is 16.6. The van der Waals surface area contributed by atoms with Crippen LogP contribution in [0, 0.1) is 35.6 Å². The van der Waals surface area contributed by atoms with Crippen molar-refractivity contribution in [2.45, 2.75) is 11.1 Å². The lowest BCUT2D eigenvalue weighted by Crippen LogP contribution is -2.29. The zero-order chi connectivity index (χ0) is 25.9. The van der Waals surface area contributed by atoms with E-state index in [1.807, 2.05) is 0 Å². The number of nitrogens with one attached hydrogen (secondary N) is 1. The van der Waals surface area contributed by atoms with Crippen LogP contribution >= 0.6 is 23.4 Å². The van der Waals surface area contributed by atoms with Gasteiger partial charge in [-0.05, 0) is 38.4 Å². The minimum Gasteiger partial charge on any atom is -0.378 e. The molecule has 5 nitrogen and oxygen atoms in total. The molecule has 0 spiro atoms. The van der Waals surface area contributed by atoms with Crippen LogP contribution in [-0.4, -0.2) is 47.0 Å². The van der Waals surface area contributed by atoms with Gasteiger partial charge in [-0.3, -0.25) is 14.7 Å². The number of aromatic nitrogens is 1. The van der Waals surface area contributed by atoms with Gasteiger partial charge in [0.05, 0.1) is 16.1 Å². The number of aliphatic hydroxyl groups excluding tert-OH is 1. The number of hydrogen-bond acceptors (Lipinski definition) is 5. The summed E-state index contributed by atoms with van der Waals surface area (Å²) in [5.74, 6) is -6.30. The summed E-state index contributed by atoms with van der Waals surface area (Å²) in [7, 11) is 3.40. The molecule has 35 heavy (non-hydrogen) atoms. The summed E-state index contributed by atoms with van der Waals surface area (Å²) in [5.41, 5.74) is -2.83. The number of halogens is 5. The molecule has 0 bridgehead atoms. The molecule has 0 aliphatic carbocycles. The van der Waals surface area contributed by atoms with E-state index < -0.39 is 46.5 Å². The van der Waals surface area contributed by atoms with Crippen molar-refractivity contribution < 1.29 is 27.5 Å². The highest BCUT2D eigenvalue weighted by atomic mass is 35.5. The van der Waals surface area contributed by atoms with Crippen LogP contribution in [0.3, 0.4) is 0 Å². The second kappa shape index (κ2) is 11.1. The van der Waals surface area contributed by atoms with Crippen molar-refractivity contribution >= 4 is 35.0 Å². The molecule has 0 saturated heterocycles. The number of benzene rings is 2. The van der Waals surface area contributed by atoms with Gasteiger partial charge in [0, 0.05) is 34.3 Å². The number of pyridine rings is 1. The average Bonchev–Trinajstić information content (AvgIpc) is 2.82. The van der Waals surface area contributed by atoms with Crippen LogP contribution in [0.5, 0.6) is 0 Å². The zero-order valence-corrected chi connectivity index (χ0v) is 19.9. The zero-order valence-electron chi connectivity index (χ0n) is 18.4. The van der Waals surface area contributed by atoms with Crippen molar-refractivity contribution in [3.63, 3.8) is 0 Å². The molecule has 1 aromatic heterocycles. The number of aliphatic hydroxyl groups is 1. The Morgan fingerprint density at radius 2 is 1.86 bits per heavy atom. The fraction of sp³-hybridized carbons (Fsp3) is 0.167. The maximum Gasteiger partial charge on any atom is 0.261 e. The number of terminal acetylenes is 1. The summed E-state index contributed by atoms with van der Waals surface area (Å²) < 4.78 is 59.2. The third-order valence-corrected chi connectivity index (χ3v) is 6.47. The average molecular weight is 524 g/mol. The molecule has 2 N–H and O–H groups in total. The molecule has 182 valence electrons. The quantitative estimate of drug-likeness (QED) is 0.147. The largest absolute Gasteiger partial charge is 0.378 e. The van der Waals surface area contributed by atoms with Gasteiger partial charge in [0.1, 0.15) is 11.8 Å². The highest BCUT2D eigenvalue weighted by molar-refractivity contribution is 7.99. The van der Waals surface area contributed by atoms with Crippen molar-refractivity contribution in [2.24, 2.45) is 0 Å². The van der Waals surface area contributed by atoms with E-state index in [0.29, 0.717) is 10.6 Å². The maximum absolute atomic E-state index is 14.8. The number of hydrogen-bond donors (Lipinski definition) is 2. The number of rotatable bonds is 7. The molecule has 1 heterocycles. The second-order valence-corrected chi connectivity index (χ2v) is 8.90. The lowest BCUT2D eigenvalue weighted by atomic mass is 9.98. The summed E-state index contributed by atoms with van der Waals surface area (Å²) in [6.07, 6.45) is 6.82. The molecular weight excluding hydrogens is 506 g/mol. The Bertz CT molecular complexity index is 1300. The van der Waals surface area contributed by atoms with Gasteiger partial charge in [-0.1, -0.05) is 17.5 Å². The third-order valence-electron chi connectivity index (χ3n) is 4.91. The lowest BCUT2D eigenvalue weighted by Gasteiger charge is -2.18. The number of amides is 1. The van der Waals surface area contributed by atoms with Crippen molar-refractivity contribution in [3.05, 3.63) is 76.1 Å². The normalized spacial score (nSPS) is 11.9. The predicted molar refractivity (Wildman–Crippen MR) is 127 cm³/mol. The number of anilines is 1. The lowest BCUT2D eigenvalue weighted by molar-refractivity contribution is 0.0621. The molecule has 1 amide bonds. The summed E-state index contributed by atoms with van der Waals surface area (Å²) in [6.45, 7) is 0. The van der Waals surface area contributed by atoms with Gasteiger partial charge >= 0.3 is 0 Å². The smallest absolute Gasteiger partial charge is 0.261 e. The summed E-state index contributed by atoms with van der Waals surface area (Å²) in [6, 6.07) is 5.32. The van der Waals surface area contributed by atoms with Gasteiger partial charge in [-0.2, -0.15) is 0 Å². The SMILES string of the molecule is C#Cc1cnccc1-c1c(F)c(F)c(C(=O)Nc2ccc(SCC(O)N(C)C)c(Cl)c2)c(F)c1F. The maximum atomic E-state index is 14.8. The number of thioether (sulfide) groups is 1. The standard InChI is InChI=1S/C24H18ClF4N3O2S/c1-4-12-10-30-8-7-14(12)18-20(26)22(28)19(23(29)21(18)27)24(34)31-13-5-6-16(15(25)9-13)35-11-17(33)32(2)3/h1,5-10,17,33H,11H2,2-3H3,(H,31,34). The van der Waals surface area contributed by atoms with Crippen LogP contribution < -0.4 is 5.32 Å². The fourth-order valence-electron chi connectivity index (χ4n) is 3.00. The van der Waals surface area contributed by atoms with Crippen LogP contribution in [0.2, 0.25) is 5.02 Å². The van der Waals surface area contributed by atoms with E-state index in [0.717, 1.165) is 18.5 Å². The first kappa shape index (κ1) is 26.5. The van der Waals surface area contributed by atoms with E-state index >= 15 is 0 Å². The van der Waals surface area contributed by atoms with E-state index in [2.05, 4.69) is 16.2 Å². The molecule has 1 atom stereocenters. The Balaban J connectivity index is 1.91. The van der Waals surface area contributed by atoms with E-state index in [-0.39, 0.29) is 21.8 Å². The highest BCUT2D eigenvalue weighted by Gasteiger charge is 2.31. The molecule has 1 unspecified atom stereocenters. The van der Waals surface area contributed by atoms with Crippen molar-refractivity contribution in [3.8, 4) is 23.5 Å². The predicted octanol–water partition coefficient (Wildman–Crippen LogP) is 5.16. The number of nitrogens with zero attached hydrogens (tertiary/aromatic N) is 2. The second-order valence-electron chi connectivity index (χ2n) is 7.43. The minimum absolute atomic E-state index is 0.0324. The molecule has 0 saturated carbocycles. The third kappa shape index (κ3) is 5.60. The van der Waals surface area contributed by atoms with E-state index in [4.69, 9.17) is 18.0 Å². The van der Waals surface area contributed by atoms with Crippen LogP contribution in [0.4, 0.5) is 23.2 Å². The van der Waals surface area contributed by atoms with Gasteiger partial charge in [-0.25, -0.2) is 17.6 Å². The summed E-state index contributed by atoms with van der Waals surface area (Å²) in [5, 5.41) is 12.2. The topological polar surface area (TPSA) is 65.5 Å². The van der Waals surface area contributed by atoms with Gasteiger partial charge < -0.3 is 10.4 Å². The molecule has 0 fully saturated rings. The van der Waals surface area contributed by atoms with Crippen molar-refractivity contribution in [1.82, 2.24) is 9.88 Å². The van der Waals surface area contributed by atoms with E-state index in [1.165, 1.54) is 30.0 Å². The molecule has 11 heteroatoms. The van der Waals surface area contributed by atoms with Crippen LogP contribution in [0.15, 0.2) is 41.6 Å². The van der Waals surface area contributed by atoms with Gasteiger partial charge in [-0.15, -0.1) is 18.2 Å². The van der Waals surface area contributed by atoms with Crippen LogP contribution in [0.25, 0.3) is 11.1 Å². The molecular formula is C24H18ClF4N3O2S. The Morgan fingerprint density at radius 3 is 2.43 bits per heavy atom. The Hall–Kier alpha value is -3.10.